The average Bonchev–Trinajstić information content (AvgIpc) is 2.76. The second-order valence-corrected chi connectivity index (χ2v) is 5.78. The van der Waals surface area contributed by atoms with Crippen molar-refractivity contribution in [1.82, 2.24) is 9.97 Å². The van der Waals surface area contributed by atoms with Crippen molar-refractivity contribution in [3.8, 4) is 22.5 Å². The molecule has 5 nitrogen and oxygen atoms in total. The van der Waals surface area contributed by atoms with Crippen LogP contribution in [0.5, 0.6) is 0 Å². The van der Waals surface area contributed by atoms with Gasteiger partial charge in [0.05, 0.1) is 11.4 Å². The molecule has 0 unspecified atom stereocenters. The van der Waals surface area contributed by atoms with Gasteiger partial charge in [-0.2, -0.15) is 0 Å². The number of para-hydroxylation sites is 1. The van der Waals surface area contributed by atoms with Crippen molar-refractivity contribution in [3.05, 3.63) is 103 Å². The zero-order valence-electron chi connectivity index (χ0n) is 15.1. The van der Waals surface area contributed by atoms with Crippen molar-refractivity contribution in [2.45, 2.75) is 0 Å². The molecule has 0 radical (unpaired) electrons. The van der Waals surface area contributed by atoms with Crippen LogP contribution in [0.3, 0.4) is 0 Å². The molecule has 4 aromatic rings. The molecule has 4 rings (SSSR count). The summed E-state index contributed by atoms with van der Waals surface area (Å²) in [6.07, 6.45) is 2.43. The Kier molecular flexibility index (Phi) is 6.47. The van der Waals surface area contributed by atoms with Crippen molar-refractivity contribution >= 4 is 11.8 Å². The summed E-state index contributed by atoms with van der Waals surface area (Å²) < 4.78 is 0. The van der Waals surface area contributed by atoms with E-state index in [1.54, 1.807) is 36.7 Å². The number of nitrogens with zero attached hydrogens (tertiary/aromatic N) is 2. The van der Waals surface area contributed by atoms with E-state index < -0.39 is 6.09 Å². The minimum atomic E-state index is -1.04. The summed E-state index contributed by atoms with van der Waals surface area (Å²) in [4.78, 5) is 19.0. The normalized spacial score (nSPS) is 9.71. The fourth-order valence-corrected chi connectivity index (χ4v) is 2.60. The Bertz CT molecular complexity index is 949. The molecular formula is C23H19N3O2. The van der Waals surface area contributed by atoms with E-state index in [0.29, 0.717) is 5.69 Å². The predicted molar refractivity (Wildman–Crippen MR) is 111 cm³/mol. The molecule has 2 N–H and O–H groups in total. The molecule has 0 fully saturated rings. The number of nitrogens with one attached hydrogen (secondary N) is 1. The van der Waals surface area contributed by atoms with Crippen molar-refractivity contribution in [2.24, 2.45) is 0 Å². The molecule has 1 aromatic heterocycles. The summed E-state index contributed by atoms with van der Waals surface area (Å²) in [5.41, 5.74) is 4.61. The van der Waals surface area contributed by atoms with Crippen LogP contribution in [0.2, 0.25) is 0 Å². The Labute approximate surface area is 163 Å². The second-order valence-electron chi connectivity index (χ2n) is 5.78. The van der Waals surface area contributed by atoms with Gasteiger partial charge in [0.15, 0.2) is 0 Å². The lowest BCUT2D eigenvalue weighted by Crippen LogP contribution is -2.06. The molecule has 0 aliphatic heterocycles. The number of carboxylic acid groups (broad SMARTS) is 1. The largest absolute Gasteiger partial charge is 0.465 e. The number of aromatic nitrogens is 2. The number of amides is 1. The van der Waals surface area contributed by atoms with Gasteiger partial charge in [0, 0.05) is 29.2 Å². The number of rotatable bonds is 3. The molecule has 3 aromatic carbocycles. The zero-order valence-corrected chi connectivity index (χ0v) is 15.1. The van der Waals surface area contributed by atoms with Crippen LogP contribution in [-0.2, 0) is 0 Å². The van der Waals surface area contributed by atoms with E-state index in [1.807, 2.05) is 42.5 Å². The van der Waals surface area contributed by atoms with Crippen molar-refractivity contribution in [2.75, 3.05) is 5.32 Å². The summed E-state index contributed by atoms with van der Waals surface area (Å²) in [5.74, 6) is 0. The highest BCUT2D eigenvalue weighted by molar-refractivity contribution is 5.82. The van der Waals surface area contributed by atoms with Crippen LogP contribution in [-0.4, -0.2) is 21.2 Å². The van der Waals surface area contributed by atoms with Gasteiger partial charge in [-0.1, -0.05) is 78.9 Å². The molecule has 5 heteroatoms. The van der Waals surface area contributed by atoms with Gasteiger partial charge in [0.25, 0.3) is 0 Å². The molecule has 28 heavy (non-hydrogen) atoms. The number of carbonyl (C=O) groups is 1. The third-order valence-electron chi connectivity index (χ3n) is 3.82. The minimum absolute atomic E-state index is 0.593. The zero-order chi connectivity index (χ0) is 19.6. The highest BCUT2D eigenvalue weighted by Crippen LogP contribution is 2.27. The maximum atomic E-state index is 10.1. The third kappa shape index (κ3) is 5.25. The van der Waals surface area contributed by atoms with E-state index >= 15 is 0 Å². The van der Waals surface area contributed by atoms with Crippen LogP contribution >= 0.6 is 0 Å². The lowest BCUT2D eigenvalue weighted by Gasteiger charge is -2.07. The maximum absolute atomic E-state index is 10.1. The second kappa shape index (κ2) is 9.64. The highest BCUT2D eigenvalue weighted by atomic mass is 16.4. The van der Waals surface area contributed by atoms with Gasteiger partial charge in [0.1, 0.15) is 0 Å². The first-order chi connectivity index (χ1) is 13.7. The Morgan fingerprint density at radius 1 is 0.643 bits per heavy atom. The standard InChI is InChI=1S/C16H12N2.C7H7NO2/c1-3-7-13(8-4-1)15-16(18-12-11-17-15)14-9-5-2-6-10-14;9-7(10)8-6-4-2-1-3-5-6/h1-12H;1-5,8H,(H,9,10). The van der Waals surface area contributed by atoms with Crippen LogP contribution in [0.4, 0.5) is 10.5 Å². The van der Waals surface area contributed by atoms with Crippen LogP contribution in [0.1, 0.15) is 0 Å². The monoisotopic (exact) mass is 369 g/mol. The SMILES string of the molecule is O=C(O)Nc1ccccc1.c1ccc(-c2nccnc2-c2ccccc2)cc1. The summed E-state index contributed by atoms with van der Waals surface area (Å²) in [6.45, 7) is 0. The Hall–Kier alpha value is -3.99. The van der Waals surface area contributed by atoms with E-state index in [1.165, 1.54) is 0 Å². The van der Waals surface area contributed by atoms with Crippen molar-refractivity contribution < 1.29 is 9.90 Å². The van der Waals surface area contributed by atoms with Crippen molar-refractivity contribution in [1.29, 1.82) is 0 Å². The highest BCUT2D eigenvalue weighted by Gasteiger charge is 2.08. The quantitative estimate of drug-likeness (QED) is 0.494. The molecule has 0 saturated heterocycles. The predicted octanol–water partition coefficient (Wildman–Crippen LogP) is 5.59. The number of anilines is 1. The molecule has 0 aliphatic carbocycles. The van der Waals surface area contributed by atoms with E-state index in [-0.39, 0.29) is 0 Å². The lowest BCUT2D eigenvalue weighted by atomic mass is 10.0. The molecule has 1 amide bonds. The Morgan fingerprint density at radius 2 is 1.04 bits per heavy atom. The third-order valence-corrected chi connectivity index (χ3v) is 3.82. The first-order valence-corrected chi connectivity index (χ1v) is 8.71. The first-order valence-electron chi connectivity index (χ1n) is 8.71. The van der Waals surface area contributed by atoms with E-state index in [0.717, 1.165) is 22.5 Å². The van der Waals surface area contributed by atoms with E-state index in [4.69, 9.17) is 5.11 Å². The Morgan fingerprint density at radius 3 is 1.43 bits per heavy atom. The molecular weight excluding hydrogens is 350 g/mol. The van der Waals surface area contributed by atoms with Gasteiger partial charge in [-0.25, -0.2) is 4.79 Å². The average molecular weight is 369 g/mol. The van der Waals surface area contributed by atoms with Crippen LogP contribution < -0.4 is 5.32 Å². The molecule has 138 valence electrons. The molecule has 0 bridgehead atoms. The van der Waals surface area contributed by atoms with Crippen molar-refractivity contribution in [3.63, 3.8) is 0 Å². The fraction of sp³-hybridized carbons (Fsp3) is 0. The van der Waals surface area contributed by atoms with Crippen LogP contribution in [0.25, 0.3) is 22.5 Å². The summed E-state index contributed by atoms with van der Waals surface area (Å²) in [6, 6.07) is 29.0. The van der Waals surface area contributed by atoms with Gasteiger partial charge in [0.2, 0.25) is 0 Å². The van der Waals surface area contributed by atoms with Gasteiger partial charge < -0.3 is 5.11 Å². The molecule has 0 spiro atoms. The minimum Gasteiger partial charge on any atom is -0.465 e. The van der Waals surface area contributed by atoms with Gasteiger partial charge in [-0.05, 0) is 12.1 Å². The van der Waals surface area contributed by atoms with Gasteiger partial charge in [-0.15, -0.1) is 0 Å². The van der Waals surface area contributed by atoms with E-state index in [9.17, 15) is 4.79 Å². The van der Waals surface area contributed by atoms with E-state index in [2.05, 4.69) is 39.6 Å². The molecule has 1 heterocycles. The van der Waals surface area contributed by atoms with Crippen LogP contribution in [0.15, 0.2) is 103 Å². The first kappa shape index (κ1) is 18.8. The molecule has 0 saturated carbocycles. The Balaban J connectivity index is 0.000000192. The van der Waals surface area contributed by atoms with Gasteiger partial charge in [-0.3, -0.25) is 15.3 Å². The smallest absolute Gasteiger partial charge is 0.409 e. The van der Waals surface area contributed by atoms with Crippen LogP contribution in [0, 0.1) is 0 Å². The fourth-order valence-electron chi connectivity index (χ4n) is 2.60. The number of hydrogen-bond acceptors (Lipinski definition) is 3. The molecule has 0 aliphatic rings. The summed E-state index contributed by atoms with van der Waals surface area (Å²) in [5, 5.41) is 10.5. The summed E-state index contributed by atoms with van der Waals surface area (Å²) >= 11 is 0. The lowest BCUT2D eigenvalue weighted by molar-refractivity contribution is 0.210. The molecule has 0 atom stereocenters. The van der Waals surface area contributed by atoms with Gasteiger partial charge >= 0.3 is 6.09 Å². The maximum Gasteiger partial charge on any atom is 0.409 e. The number of hydrogen-bond donors (Lipinski definition) is 2. The topological polar surface area (TPSA) is 75.1 Å². The number of benzene rings is 3. The summed E-state index contributed by atoms with van der Waals surface area (Å²) in [7, 11) is 0.